The molecule has 0 saturated carbocycles. The Labute approximate surface area is 145 Å². The zero-order valence-electron chi connectivity index (χ0n) is 12.2. The van der Waals surface area contributed by atoms with Crippen molar-refractivity contribution in [3.63, 3.8) is 0 Å². The number of halogens is 2. The van der Waals surface area contributed by atoms with Crippen LogP contribution in [0.25, 0.3) is 0 Å². The number of nitrogens with zero attached hydrogens (tertiary/aromatic N) is 1. The summed E-state index contributed by atoms with van der Waals surface area (Å²) < 4.78 is 19.3. The molecule has 0 atom stereocenters. The van der Waals surface area contributed by atoms with Gasteiger partial charge >= 0.3 is 0 Å². The van der Waals surface area contributed by atoms with E-state index in [1.54, 1.807) is 24.3 Å². The van der Waals surface area contributed by atoms with Crippen LogP contribution in [-0.2, 0) is 4.79 Å². The van der Waals surface area contributed by atoms with Crippen LogP contribution in [0.2, 0.25) is 0 Å². The van der Waals surface area contributed by atoms with E-state index in [1.807, 2.05) is 6.07 Å². The van der Waals surface area contributed by atoms with Crippen molar-refractivity contribution in [2.75, 3.05) is 6.61 Å². The third-order valence-electron chi connectivity index (χ3n) is 2.85. The first-order valence-corrected chi connectivity index (χ1v) is 7.46. The molecule has 122 valence electrons. The summed E-state index contributed by atoms with van der Waals surface area (Å²) in [6.07, 6.45) is 0. The predicted octanol–water partition coefficient (Wildman–Crippen LogP) is 2.30. The Morgan fingerprint density at radius 2 is 1.96 bits per heavy atom. The minimum atomic E-state index is -0.806. The Balaban J connectivity index is 1.88. The number of para-hydroxylation sites is 1. The number of carbonyl (C=O) groups excluding carboxylic acids is 2. The maximum Gasteiger partial charge on any atom is 0.276 e. The van der Waals surface area contributed by atoms with Crippen LogP contribution < -0.4 is 15.6 Å². The van der Waals surface area contributed by atoms with E-state index in [1.165, 1.54) is 12.1 Å². The van der Waals surface area contributed by atoms with Crippen molar-refractivity contribution in [1.29, 1.82) is 5.26 Å². The molecule has 0 spiro atoms. The van der Waals surface area contributed by atoms with Gasteiger partial charge in [0.15, 0.2) is 6.61 Å². The van der Waals surface area contributed by atoms with Gasteiger partial charge in [0.1, 0.15) is 17.6 Å². The molecule has 0 unspecified atom stereocenters. The number of carbonyl (C=O) groups is 2. The number of rotatable bonds is 4. The van der Waals surface area contributed by atoms with E-state index in [-0.39, 0.29) is 16.9 Å². The van der Waals surface area contributed by atoms with Gasteiger partial charge in [-0.2, -0.15) is 5.26 Å². The van der Waals surface area contributed by atoms with Crippen molar-refractivity contribution < 1.29 is 18.7 Å². The van der Waals surface area contributed by atoms with Gasteiger partial charge in [0.25, 0.3) is 11.8 Å². The Morgan fingerprint density at radius 1 is 1.21 bits per heavy atom. The molecule has 6 nitrogen and oxygen atoms in total. The summed E-state index contributed by atoms with van der Waals surface area (Å²) >= 11 is 3.13. The number of nitrogens with one attached hydrogen (secondary N) is 2. The van der Waals surface area contributed by atoms with E-state index in [0.29, 0.717) is 4.47 Å². The summed E-state index contributed by atoms with van der Waals surface area (Å²) in [6, 6.07) is 12.2. The van der Waals surface area contributed by atoms with Gasteiger partial charge in [0, 0.05) is 4.47 Å². The summed E-state index contributed by atoms with van der Waals surface area (Å²) in [6.45, 7) is -0.417. The van der Waals surface area contributed by atoms with Gasteiger partial charge in [-0.25, -0.2) is 4.39 Å². The molecule has 0 bridgehead atoms. The van der Waals surface area contributed by atoms with Crippen molar-refractivity contribution in [2.24, 2.45) is 0 Å². The number of hydrazine groups is 1. The second-order valence-electron chi connectivity index (χ2n) is 4.52. The fourth-order valence-electron chi connectivity index (χ4n) is 1.73. The smallest absolute Gasteiger partial charge is 0.276 e. The molecular formula is C16H11BrFN3O3. The zero-order chi connectivity index (χ0) is 17.5. The monoisotopic (exact) mass is 391 g/mol. The number of nitriles is 1. The lowest BCUT2D eigenvalue weighted by atomic mass is 10.2. The molecule has 0 fully saturated rings. The predicted molar refractivity (Wildman–Crippen MR) is 86.4 cm³/mol. The molecule has 0 aliphatic rings. The van der Waals surface area contributed by atoms with E-state index in [0.717, 1.165) is 6.07 Å². The molecule has 2 aromatic rings. The van der Waals surface area contributed by atoms with Crippen LogP contribution in [0.5, 0.6) is 5.75 Å². The van der Waals surface area contributed by atoms with Crippen LogP contribution in [0.15, 0.2) is 46.9 Å². The highest BCUT2D eigenvalue weighted by molar-refractivity contribution is 9.10. The highest BCUT2D eigenvalue weighted by atomic mass is 79.9. The second kappa shape index (κ2) is 8.08. The fraction of sp³-hybridized carbons (Fsp3) is 0.0625. The number of ether oxygens (including phenoxy) is 1. The maximum absolute atomic E-state index is 13.5. The quantitative estimate of drug-likeness (QED) is 0.782. The average Bonchev–Trinajstić information content (AvgIpc) is 2.60. The Hall–Kier alpha value is -2.92. The normalized spacial score (nSPS) is 9.71. The molecule has 0 aliphatic heterocycles. The van der Waals surface area contributed by atoms with Gasteiger partial charge in [0.2, 0.25) is 0 Å². The fourth-order valence-corrected chi connectivity index (χ4v) is 2.09. The number of hydrogen-bond acceptors (Lipinski definition) is 4. The van der Waals surface area contributed by atoms with Gasteiger partial charge in [-0.1, -0.05) is 28.1 Å². The highest BCUT2D eigenvalue weighted by Gasteiger charge is 2.13. The molecule has 8 heteroatoms. The Kier molecular flexibility index (Phi) is 5.87. The minimum Gasteiger partial charge on any atom is -0.482 e. The lowest BCUT2D eigenvalue weighted by Gasteiger charge is -2.10. The van der Waals surface area contributed by atoms with E-state index >= 15 is 0 Å². The molecule has 0 aromatic heterocycles. The van der Waals surface area contributed by atoms with E-state index in [4.69, 9.17) is 10.00 Å². The molecule has 2 rings (SSSR count). The number of hydrogen-bond donors (Lipinski definition) is 2. The van der Waals surface area contributed by atoms with Gasteiger partial charge in [-0.3, -0.25) is 20.4 Å². The summed E-state index contributed by atoms with van der Waals surface area (Å²) in [5.74, 6) is -1.94. The largest absolute Gasteiger partial charge is 0.482 e. The highest BCUT2D eigenvalue weighted by Crippen LogP contribution is 2.16. The molecule has 0 radical (unpaired) electrons. The third-order valence-corrected chi connectivity index (χ3v) is 3.35. The second-order valence-corrected chi connectivity index (χ2v) is 5.44. The third kappa shape index (κ3) is 4.54. The number of benzene rings is 2. The molecule has 0 saturated heterocycles. The van der Waals surface area contributed by atoms with E-state index in [2.05, 4.69) is 26.8 Å². The lowest BCUT2D eigenvalue weighted by molar-refractivity contribution is -0.123. The molecule has 0 aliphatic carbocycles. The summed E-state index contributed by atoms with van der Waals surface area (Å²) in [5, 5.41) is 8.91. The van der Waals surface area contributed by atoms with Crippen molar-refractivity contribution in [3.05, 3.63) is 63.9 Å². The molecule has 24 heavy (non-hydrogen) atoms. The summed E-state index contributed by atoms with van der Waals surface area (Å²) in [5.41, 5.74) is 4.26. The topological polar surface area (TPSA) is 91.2 Å². The molecule has 2 amide bonds. The van der Waals surface area contributed by atoms with Gasteiger partial charge in [-0.15, -0.1) is 0 Å². The van der Waals surface area contributed by atoms with Gasteiger partial charge in [-0.05, 0) is 30.3 Å². The lowest BCUT2D eigenvalue weighted by Crippen LogP contribution is -2.44. The Bertz CT molecular complexity index is 820. The summed E-state index contributed by atoms with van der Waals surface area (Å²) in [4.78, 5) is 23.5. The van der Waals surface area contributed by atoms with Crippen molar-refractivity contribution in [3.8, 4) is 11.8 Å². The summed E-state index contributed by atoms with van der Waals surface area (Å²) in [7, 11) is 0. The first-order valence-electron chi connectivity index (χ1n) is 6.67. The van der Waals surface area contributed by atoms with Gasteiger partial charge in [0.05, 0.1) is 11.1 Å². The van der Waals surface area contributed by atoms with E-state index < -0.39 is 24.2 Å². The van der Waals surface area contributed by atoms with Crippen LogP contribution in [0.4, 0.5) is 4.39 Å². The van der Waals surface area contributed by atoms with Gasteiger partial charge < -0.3 is 4.74 Å². The first kappa shape index (κ1) is 17.4. The average molecular weight is 392 g/mol. The van der Waals surface area contributed by atoms with E-state index in [9.17, 15) is 14.0 Å². The van der Waals surface area contributed by atoms with Crippen molar-refractivity contribution in [1.82, 2.24) is 10.9 Å². The molecule has 0 heterocycles. The zero-order valence-corrected chi connectivity index (χ0v) is 13.8. The van der Waals surface area contributed by atoms with Crippen LogP contribution in [0.1, 0.15) is 15.9 Å². The van der Waals surface area contributed by atoms with Crippen molar-refractivity contribution >= 4 is 27.7 Å². The number of amides is 2. The van der Waals surface area contributed by atoms with Crippen LogP contribution >= 0.6 is 15.9 Å². The van der Waals surface area contributed by atoms with Crippen LogP contribution in [0, 0.1) is 17.1 Å². The molecule has 2 N–H and O–H groups in total. The van der Waals surface area contributed by atoms with Crippen molar-refractivity contribution in [2.45, 2.75) is 0 Å². The maximum atomic E-state index is 13.5. The Morgan fingerprint density at radius 3 is 2.71 bits per heavy atom. The standard InChI is InChI=1S/C16H11BrFN3O3/c17-11-5-6-13(18)12(7-11)16(23)21-20-15(22)9-24-14-4-2-1-3-10(14)8-19/h1-7H,9H2,(H,20,22)(H,21,23). The molecular weight excluding hydrogens is 381 g/mol. The van der Waals surface area contributed by atoms with Crippen LogP contribution in [-0.4, -0.2) is 18.4 Å². The first-order chi connectivity index (χ1) is 11.5. The minimum absolute atomic E-state index is 0.222. The molecule has 2 aromatic carbocycles. The van der Waals surface area contributed by atoms with Crippen LogP contribution in [0.3, 0.4) is 0 Å². The SMILES string of the molecule is N#Cc1ccccc1OCC(=O)NNC(=O)c1cc(Br)ccc1F.